The molecule has 0 aliphatic carbocycles. The molecule has 1 aromatic carbocycles. The Bertz CT molecular complexity index is 673. The number of nitrogens with zero attached hydrogens (tertiary/aromatic N) is 2. The van der Waals surface area contributed by atoms with Crippen LogP contribution in [-0.2, 0) is 6.42 Å². The number of aliphatic imine (C=N–C) groups is 1. The second-order valence-corrected chi connectivity index (χ2v) is 5.19. The molecule has 22 heavy (non-hydrogen) atoms. The number of allylic oxidation sites excluding steroid dienone is 1. The first-order chi connectivity index (χ1) is 10.7. The zero-order chi connectivity index (χ0) is 15.9. The Kier molecular flexibility index (Phi) is 5.48. The van der Waals surface area contributed by atoms with Crippen molar-refractivity contribution in [3.63, 3.8) is 0 Å². The SMILES string of the molecule is C=Nc1c(O)ccc(-c2ccc(CCCC)nc2)c1/C=C\C. The van der Waals surface area contributed by atoms with Crippen LogP contribution >= 0.6 is 0 Å². The first kappa shape index (κ1) is 16.0. The van der Waals surface area contributed by atoms with Crippen molar-refractivity contribution in [2.45, 2.75) is 33.1 Å². The number of rotatable bonds is 6. The third-order valence-electron chi connectivity index (χ3n) is 3.61. The zero-order valence-corrected chi connectivity index (χ0v) is 13.2. The Morgan fingerprint density at radius 3 is 2.68 bits per heavy atom. The molecule has 0 radical (unpaired) electrons. The Balaban J connectivity index is 2.45. The first-order valence-corrected chi connectivity index (χ1v) is 7.62. The highest BCUT2D eigenvalue weighted by Gasteiger charge is 2.11. The average molecular weight is 294 g/mol. The molecular formula is C19H22N2O. The third kappa shape index (κ3) is 3.42. The topological polar surface area (TPSA) is 45.5 Å². The fraction of sp³-hybridized carbons (Fsp3) is 0.263. The van der Waals surface area contributed by atoms with Crippen molar-refractivity contribution >= 4 is 18.5 Å². The highest BCUT2D eigenvalue weighted by molar-refractivity contribution is 5.85. The number of pyridine rings is 1. The molecule has 0 saturated heterocycles. The normalized spacial score (nSPS) is 11.0. The van der Waals surface area contributed by atoms with E-state index in [2.05, 4.69) is 35.8 Å². The number of phenols is 1. The van der Waals surface area contributed by atoms with Gasteiger partial charge in [-0.1, -0.05) is 31.6 Å². The van der Waals surface area contributed by atoms with Gasteiger partial charge in [-0.15, -0.1) is 0 Å². The van der Waals surface area contributed by atoms with Crippen LogP contribution in [0.4, 0.5) is 5.69 Å². The predicted molar refractivity (Wildman–Crippen MR) is 93.9 cm³/mol. The molecule has 1 heterocycles. The van der Waals surface area contributed by atoms with Crippen LogP contribution in [0.15, 0.2) is 41.5 Å². The number of phenolic OH excluding ortho intramolecular Hbond substituents is 1. The van der Waals surface area contributed by atoms with Crippen molar-refractivity contribution < 1.29 is 5.11 Å². The van der Waals surface area contributed by atoms with Crippen molar-refractivity contribution in [3.8, 4) is 16.9 Å². The molecule has 0 atom stereocenters. The summed E-state index contributed by atoms with van der Waals surface area (Å²) in [7, 11) is 0. The minimum Gasteiger partial charge on any atom is -0.506 e. The summed E-state index contributed by atoms with van der Waals surface area (Å²) in [6, 6.07) is 7.68. The van der Waals surface area contributed by atoms with E-state index in [1.165, 1.54) is 6.42 Å². The van der Waals surface area contributed by atoms with Crippen LogP contribution < -0.4 is 0 Å². The molecular weight excluding hydrogens is 272 g/mol. The van der Waals surface area contributed by atoms with E-state index in [9.17, 15) is 5.11 Å². The summed E-state index contributed by atoms with van der Waals surface area (Å²) in [5.74, 6) is 0.138. The van der Waals surface area contributed by atoms with E-state index in [0.717, 1.165) is 35.2 Å². The molecule has 0 unspecified atom stereocenters. The zero-order valence-electron chi connectivity index (χ0n) is 13.2. The maximum atomic E-state index is 9.95. The fourth-order valence-electron chi connectivity index (χ4n) is 2.44. The van der Waals surface area contributed by atoms with Crippen LogP contribution in [0, 0.1) is 0 Å². The fourth-order valence-corrected chi connectivity index (χ4v) is 2.44. The summed E-state index contributed by atoms with van der Waals surface area (Å²) >= 11 is 0. The monoisotopic (exact) mass is 294 g/mol. The average Bonchev–Trinajstić information content (AvgIpc) is 2.54. The lowest BCUT2D eigenvalue weighted by molar-refractivity contribution is 0.477. The van der Waals surface area contributed by atoms with E-state index in [1.54, 1.807) is 6.07 Å². The van der Waals surface area contributed by atoms with Gasteiger partial charge in [0.15, 0.2) is 0 Å². The summed E-state index contributed by atoms with van der Waals surface area (Å²) in [6.45, 7) is 7.67. The molecule has 2 rings (SSSR count). The summed E-state index contributed by atoms with van der Waals surface area (Å²) in [6.07, 6.45) is 9.08. The van der Waals surface area contributed by atoms with Gasteiger partial charge in [0.1, 0.15) is 11.4 Å². The van der Waals surface area contributed by atoms with Crippen molar-refractivity contribution in [2.75, 3.05) is 0 Å². The number of benzene rings is 1. The smallest absolute Gasteiger partial charge is 0.141 e. The molecule has 2 aromatic rings. The van der Waals surface area contributed by atoms with E-state index >= 15 is 0 Å². The minimum atomic E-state index is 0.138. The molecule has 0 aliphatic heterocycles. The van der Waals surface area contributed by atoms with E-state index in [-0.39, 0.29) is 5.75 Å². The van der Waals surface area contributed by atoms with Crippen LogP contribution in [0.5, 0.6) is 5.75 Å². The Labute approximate surface area is 132 Å². The van der Waals surface area contributed by atoms with Crippen LogP contribution in [0.2, 0.25) is 0 Å². The maximum Gasteiger partial charge on any atom is 0.141 e. The van der Waals surface area contributed by atoms with Gasteiger partial charge in [0.2, 0.25) is 0 Å². The Hall–Kier alpha value is -2.42. The van der Waals surface area contributed by atoms with Gasteiger partial charge in [-0.05, 0) is 50.2 Å². The molecule has 0 saturated carbocycles. The summed E-state index contributed by atoms with van der Waals surface area (Å²) in [4.78, 5) is 8.50. The lowest BCUT2D eigenvalue weighted by Crippen LogP contribution is -1.91. The van der Waals surface area contributed by atoms with Crippen LogP contribution in [0.3, 0.4) is 0 Å². The molecule has 3 nitrogen and oxygen atoms in total. The van der Waals surface area contributed by atoms with Gasteiger partial charge in [-0.2, -0.15) is 0 Å². The van der Waals surface area contributed by atoms with Gasteiger partial charge in [-0.3, -0.25) is 9.98 Å². The Morgan fingerprint density at radius 1 is 1.27 bits per heavy atom. The van der Waals surface area contributed by atoms with Crippen molar-refractivity contribution in [1.82, 2.24) is 4.98 Å². The second-order valence-electron chi connectivity index (χ2n) is 5.19. The molecule has 114 valence electrons. The van der Waals surface area contributed by atoms with Crippen LogP contribution in [-0.4, -0.2) is 16.8 Å². The quantitative estimate of drug-likeness (QED) is 0.748. The number of aromatic hydroxyl groups is 1. The number of hydrogen-bond acceptors (Lipinski definition) is 3. The minimum absolute atomic E-state index is 0.138. The summed E-state index contributed by atoms with van der Waals surface area (Å²) in [5, 5.41) is 9.95. The molecule has 0 bridgehead atoms. The predicted octanol–water partition coefficient (Wildman–Crippen LogP) is 5.16. The lowest BCUT2D eigenvalue weighted by atomic mass is 9.98. The van der Waals surface area contributed by atoms with Gasteiger partial charge in [0, 0.05) is 23.0 Å². The molecule has 0 fully saturated rings. The molecule has 3 heteroatoms. The van der Waals surface area contributed by atoms with Gasteiger partial charge < -0.3 is 5.11 Å². The van der Waals surface area contributed by atoms with E-state index in [4.69, 9.17) is 0 Å². The second kappa shape index (κ2) is 7.55. The standard InChI is InChI=1S/C19H22N2O/c1-4-6-8-15-10-9-14(13-21-15)16-11-12-18(22)19(20-3)17(16)7-5-2/h5,7,9-13,22H,3-4,6,8H2,1-2H3/b7-5-. The van der Waals surface area contributed by atoms with Gasteiger partial charge in [-0.25, -0.2) is 0 Å². The highest BCUT2D eigenvalue weighted by Crippen LogP contribution is 2.38. The van der Waals surface area contributed by atoms with Crippen LogP contribution in [0.25, 0.3) is 17.2 Å². The largest absolute Gasteiger partial charge is 0.506 e. The number of aryl methyl sites for hydroxylation is 1. The lowest BCUT2D eigenvalue weighted by Gasteiger charge is -2.11. The molecule has 0 spiro atoms. The number of unbranched alkanes of at least 4 members (excludes halogenated alkanes) is 1. The van der Waals surface area contributed by atoms with Gasteiger partial charge >= 0.3 is 0 Å². The Morgan fingerprint density at radius 2 is 2.09 bits per heavy atom. The van der Waals surface area contributed by atoms with Gasteiger partial charge in [0.05, 0.1) is 0 Å². The van der Waals surface area contributed by atoms with Crippen molar-refractivity contribution in [3.05, 3.63) is 47.8 Å². The molecule has 1 aromatic heterocycles. The van der Waals surface area contributed by atoms with E-state index < -0.39 is 0 Å². The van der Waals surface area contributed by atoms with Crippen molar-refractivity contribution in [2.24, 2.45) is 4.99 Å². The molecule has 1 N–H and O–H groups in total. The number of aromatic nitrogens is 1. The maximum absolute atomic E-state index is 9.95. The third-order valence-corrected chi connectivity index (χ3v) is 3.61. The summed E-state index contributed by atoms with van der Waals surface area (Å²) < 4.78 is 0. The van der Waals surface area contributed by atoms with Gasteiger partial charge in [0.25, 0.3) is 0 Å². The molecule has 0 amide bonds. The first-order valence-electron chi connectivity index (χ1n) is 7.62. The summed E-state index contributed by atoms with van der Waals surface area (Å²) in [5.41, 5.74) is 4.48. The van der Waals surface area contributed by atoms with E-state index in [0.29, 0.717) is 5.69 Å². The van der Waals surface area contributed by atoms with Crippen LogP contribution in [0.1, 0.15) is 37.9 Å². The van der Waals surface area contributed by atoms with Crippen molar-refractivity contribution in [1.29, 1.82) is 0 Å². The highest BCUT2D eigenvalue weighted by atomic mass is 16.3. The van der Waals surface area contributed by atoms with E-state index in [1.807, 2.05) is 31.3 Å². The number of hydrogen-bond donors (Lipinski definition) is 1. The molecule has 0 aliphatic rings.